The lowest BCUT2D eigenvalue weighted by atomic mass is 10.1. The third-order valence-corrected chi connectivity index (χ3v) is 7.33. The fourth-order valence-electron chi connectivity index (χ4n) is 3.14. The van der Waals surface area contributed by atoms with E-state index in [1.165, 1.54) is 11.3 Å². The number of halogens is 1. The summed E-state index contributed by atoms with van der Waals surface area (Å²) in [6, 6.07) is 21.1. The van der Waals surface area contributed by atoms with Crippen molar-refractivity contribution in [1.29, 1.82) is 0 Å². The molecule has 158 valence electrons. The van der Waals surface area contributed by atoms with Crippen LogP contribution in [0.5, 0.6) is 0 Å². The Bertz CT molecular complexity index is 1390. The number of carbonyl (C=O) groups excluding carboxylic acids is 1. The van der Waals surface area contributed by atoms with Crippen LogP contribution in [0.4, 0.5) is 11.4 Å². The zero-order chi connectivity index (χ0) is 22.1. The van der Waals surface area contributed by atoms with Gasteiger partial charge in [0.25, 0.3) is 5.91 Å². The maximum Gasteiger partial charge on any atom is 0.265 e. The zero-order valence-corrected chi connectivity index (χ0v) is 19.7. The highest BCUT2D eigenvalue weighted by Crippen LogP contribution is 2.32. The minimum absolute atomic E-state index is 0.211. The maximum atomic E-state index is 12.9. The van der Waals surface area contributed by atoms with Crippen molar-refractivity contribution in [1.82, 2.24) is 15.0 Å². The Morgan fingerprint density at radius 3 is 2.66 bits per heavy atom. The molecule has 0 aliphatic rings. The Labute approximate surface area is 200 Å². The number of hydrogen-bond donors (Lipinski definition) is 2. The highest BCUT2D eigenvalue weighted by atomic mass is 79.9. The molecule has 0 bridgehead atoms. The summed E-state index contributed by atoms with van der Waals surface area (Å²) in [7, 11) is 0. The second kappa shape index (κ2) is 8.70. The number of nitrogens with zero attached hydrogens (tertiary/aromatic N) is 3. The number of rotatable bonds is 5. The van der Waals surface area contributed by atoms with Crippen molar-refractivity contribution >= 4 is 55.9 Å². The lowest BCUT2D eigenvalue weighted by Crippen LogP contribution is -2.11. The minimum Gasteiger partial charge on any atom is -0.397 e. The molecule has 0 aliphatic heterocycles. The predicted molar refractivity (Wildman–Crippen MR) is 134 cm³/mol. The zero-order valence-electron chi connectivity index (χ0n) is 16.5. The quantitative estimate of drug-likeness (QED) is 0.265. The van der Waals surface area contributed by atoms with Crippen LogP contribution < -0.4 is 11.1 Å². The van der Waals surface area contributed by atoms with E-state index < -0.39 is 0 Å². The van der Waals surface area contributed by atoms with Gasteiger partial charge in [0.15, 0.2) is 0 Å². The molecular weight excluding hydrogens is 506 g/mol. The Kier molecular flexibility index (Phi) is 5.60. The second-order valence-corrected chi connectivity index (χ2v) is 9.87. The lowest BCUT2D eigenvalue weighted by Gasteiger charge is -2.09. The molecule has 0 unspecified atom stereocenters. The van der Waals surface area contributed by atoms with Crippen molar-refractivity contribution in [3.63, 3.8) is 0 Å². The number of hydrogen-bond acceptors (Lipinski definition) is 6. The molecule has 3 heterocycles. The Hall–Kier alpha value is -3.27. The number of nitrogen functional groups attached to an aromatic ring is 1. The third-order valence-electron chi connectivity index (χ3n) is 4.77. The second-order valence-electron chi connectivity index (χ2n) is 6.92. The Balaban J connectivity index is 1.35. The van der Waals surface area contributed by atoms with Crippen LogP contribution in [0.3, 0.4) is 0 Å². The van der Waals surface area contributed by atoms with E-state index in [1.54, 1.807) is 22.1 Å². The van der Waals surface area contributed by atoms with Crippen LogP contribution in [0.2, 0.25) is 0 Å². The predicted octanol–water partition coefficient (Wildman–Crippen LogP) is 6.32. The molecule has 0 atom stereocenters. The number of anilines is 2. The molecule has 0 radical (unpaired) electrons. The van der Waals surface area contributed by atoms with E-state index in [2.05, 4.69) is 31.6 Å². The third kappa shape index (κ3) is 4.22. The van der Waals surface area contributed by atoms with Crippen molar-refractivity contribution in [2.24, 2.45) is 0 Å². The molecule has 2 aromatic carbocycles. The van der Waals surface area contributed by atoms with Crippen molar-refractivity contribution in [3.05, 3.63) is 87.7 Å². The average Bonchev–Trinajstić information content (AvgIpc) is 3.56. The highest BCUT2D eigenvalue weighted by molar-refractivity contribution is 9.10. The molecule has 1 amide bonds. The molecule has 3 N–H and O–H groups in total. The molecule has 32 heavy (non-hydrogen) atoms. The molecule has 9 heteroatoms. The highest BCUT2D eigenvalue weighted by Gasteiger charge is 2.15. The van der Waals surface area contributed by atoms with Crippen LogP contribution in [0.25, 0.3) is 26.7 Å². The van der Waals surface area contributed by atoms with Gasteiger partial charge in [-0.1, -0.05) is 33.3 Å². The van der Waals surface area contributed by atoms with E-state index in [0.29, 0.717) is 21.9 Å². The monoisotopic (exact) mass is 521 g/mol. The van der Waals surface area contributed by atoms with E-state index in [-0.39, 0.29) is 5.91 Å². The van der Waals surface area contributed by atoms with Gasteiger partial charge in [0.05, 0.1) is 33.0 Å². The van der Waals surface area contributed by atoms with E-state index >= 15 is 0 Å². The summed E-state index contributed by atoms with van der Waals surface area (Å²) in [6.45, 7) is 0. The number of carbonyl (C=O) groups is 1. The lowest BCUT2D eigenvalue weighted by molar-refractivity contribution is 0.103. The summed E-state index contributed by atoms with van der Waals surface area (Å²) in [5, 5.41) is 13.4. The summed E-state index contributed by atoms with van der Waals surface area (Å²) in [5.74, 6) is -0.211. The van der Waals surface area contributed by atoms with Gasteiger partial charge in [0, 0.05) is 9.35 Å². The topological polar surface area (TPSA) is 85.8 Å². The van der Waals surface area contributed by atoms with E-state index in [9.17, 15) is 4.79 Å². The number of nitrogens with two attached hydrogens (primary N) is 1. The van der Waals surface area contributed by atoms with Crippen LogP contribution in [0, 0.1) is 0 Å². The number of amides is 1. The Morgan fingerprint density at radius 1 is 1.03 bits per heavy atom. The SMILES string of the molecule is Nc1ccc(-c2cccs2)cc1NC(=O)c1ccc(-c2cn(-c3ccc(Br)cc3)nn2)s1. The smallest absolute Gasteiger partial charge is 0.265 e. The first-order valence-corrected chi connectivity index (χ1v) is 12.1. The van der Waals surface area contributed by atoms with E-state index in [1.807, 2.05) is 72.2 Å². The number of aromatic nitrogens is 3. The van der Waals surface area contributed by atoms with Crippen LogP contribution >= 0.6 is 38.6 Å². The van der Waals surface area contributed by atoms with Gasteiger partial charge < -0.3 is 11.1 Å². The van der Waals surface area contributed by atoms with Crippen LogP contribution in [-0.2, 0) is 0 Å². The summed E-state index contributed by atoms with van der Waals surface area (Å²) in [5.41, 5.74) is 9.84. The van der Waals surface area contributed by atoms with Crippen molar-refractivity contribution in [3.8, 4) is 26.7 Å². The number of benzene rings is 2. The van der Waals surface area contributed by atoms with Gasteiger partial charge in [-0.05, 0) is 65.5 Å². The summed E-state index contributed by atoms with van der Waals surface area (Å²) in [4.78, 5) is 15.4. The molecule has 0 spiro atoms. The summed E-state index contributed by atoms with van der Waals surface area (Å²) < 4.78 is 2.70. The van der Waals surface area contributed by atoms with Crippen LogP contribution in [0.1, 0.15) is 9.67 Å². The van der Waals surface area contributed by atoms with Gasteiger partial charge in [-0.25, -0.2) is 4.68 Å². The molecule has 0 saturated heterocycles. The van der Waals surface area contributed by atoms with Crippen molar-refractivity contribution in [2.45, 2.75) is 0 Å². The molecule has 0 saturated carbocycles. The van der Waals surface area contributed by atoms with Gasteiger partial charge in [0.2, 0.25) is 0 Å². The molecular formula is C23H16BrN5OS2. The largest absolute Gasteiger partial charge is 0.397 e. The van der Waals surface area contributed by atoms with E-state index in [0.717, 1.165) is 25.5 Å². The van der Waals surface area contributed by atoms with Gasteiger partial charge in [0.1, 0.15) is 5.69 Å². The average molecular weight is 522 g/mol. The summed E-state index contributed by atoms with van der Waals surface area (Å²) in [6.07, 6.45) is 1.85. The molecule has 6 nitrogen and oxygen atoms in total. The van der Waals surface area contributed by atoms with Gasteiger partial charge in [-0.3, -0.25) is 4.79 Å². The van der Waals surface area contributed by atoms with Crippen LogP contribution in [0.15, 0.2) is 82.8 Å². The molecule has 5 aromatic rings. The normalized spacial score (nSPS) is 10.9. The number of nitrogens with one attached hydrogen (secondary N) is 1. The molecule has 0 fully saturated rings. The Morgan fingerprint density at radius 2 is 1.88 bits per heavy atom. The van der Waals surface area contributed by atoms with Gasteiger partial charge in [-0.2, -0.15) is 0 Å². The minimum atomic E-state index is -0.211. The fraction of sp³-hybridized carbons (Fsp3) is 0. The van der Waals surface area contributed by atoms with Crippen LogP contribution in [-0.4, -0.2) is 20.9 Å². The maximum absolute atomic E-state index is 12.9. The number of thiophene rings is 2. The molecule has 3 aromatic heterocycles. The first-order chi connectivity index (χ1) is 15.6. The standard InChI is InChI=1S/C23H16BrN5OS2/c24-15-4-6-16(7-5-15)29-13-19(27-28-29)21-9-10-22(32-21)23(30)26-18-12-14(3-8-17(18)25)20-2-1-11-31-20/h1-13H,25H2,(H,26,30). The fourth-order valence-corrected chi connectivity index (χ4v) is 4.98. The van der Waals surface area contributed by atoms with Crippen molar-refractivity contribution < 1.29 is 4.79 Å². The first-order valence-electron chi connectivity index (χ1n) is 9.60. The molecule has 5 rings (SSSR count). The molecule has 0 aliphatic carbocycles. The van der Waals surface area contributed by atoms with Crippen molar-refractivity contribution in [2.75, 3.05) is 11.1 Å². The summed E-state index contributed by atoms with van der Waals surface area (Å²) >= 11 is 6.43. The van der Waals surface area contributed by atoms with Gasteiger partial charge in [-0.15, -0.1) is 27.8 Å². The first kappa shape index (κ1) is 20.6. The van der Waals surface area contributed by atoms with Gasteiger partial charge >= 0.3 is 0 Å². The van der Waals surface area contributed by atoms with E-state index in [4.69, 9.17) is 5.73 Å².